The van der Waals surface area contributed by atoms with Crippen LogP contribution in [-0.2, 0) is 10.3 Å². The topological polar surface area (TPSA) is 120 Å². The van der Waals surface area contributed by atoms with Gasteiger partial charge in [0.15, 0.2) is 0 Å². The lowest BCUT2D eigenvalue weighted by molar-refractivity contribution is -0.386. The number of ether oxygens (including phenoxy) is 1. The molecule has 2 aromatic heterocycles. The van der Waals surface area contributed by atoms with Crippen LogP contribution in [-0.4, -0.2) is 39.3 Å². The standard InChI is InChI=1S/C21H25N5O4/c1-20(2,3)30-19(27)23-11-5-4-9-21(10-7-13-25-21)17-16(26(28)29)14-24-15-8-6-12-22-18(15)17/h6-8,10,12-14H,4-5,9,11H2,1-3H3,(H,23,27). The van der Waals surface area contributed by atoms with Crippen molar-refractivity contribution in [3.63, 3.8) is 0 Å². The molecule has 3 rings (SSSR count). The van der Waals surface area contributed by atoms with Gasteiger partial charge in [-0.05, 0) is 58.2 Å². The number of nitrogens with zero attached hydrogens (tertiary/aromatic N) is 4. The Kier molecular flexibility index (Phi) is 6.09. The Morgan fingerprint density at radius 3 is 2.77 bits per heavy atom. The van der Waals surface area contributed by atoms with Gasteiger partial charge in [0, 0.05) is 19.0 Å². The molecule has 1 aliphatic heterocycles. The molecular weight excluding hydrogens is 386 g/mol. The van der Waals surface area contributed by atoms with Crippen molar-refractivity contribution in [1.29, 1.82) is 0 Å². The lowest BCUT2D eigenvalue weighted by Crippen LogP contribution is -2.33. The molecule has 2 aromatic rings. The number of alkyl carbamates (subject to hydrolysis) is 1. The molecule has 9 heteroatoms. The van der Waals surface area contributed by atoms with Crippen molar-refractivity contribution in [3.05, 3.63) is 52.4 Å². The van der Waals surface area contributed by atoms with Crippen molar-refractivity contribution in [3.8, 4) is 0 Å². The van der Waals surface area contributed by atoms with Crippen LogP contribution in [0.25, 0.3) is 11.0 Å². The van der Waals surface area contributed by atoms with E-state index in [-0.39, 0.29) is 5.69 Å². The summed E-state index contributed by atoms with van der Waals surface area (Å²) in [5, 5.41) is 14.5. The number of carbonyl (C=O) groups is 1. The van der Waals surface area contributed by atoms with Crippen molar-refractivity contribution >= 4 is 29.0 Å². The van der Waals surface area contributed by atoms with Crippen LogP contribution in [0.4, 0.5) is 10.5 Å². The highest BCUT2D eigenvalue weighted by molar-refractivity contribution is 5.85. The summed E-state index contributed by atoms with van der Waals surface area (Å²) in [6, 6.07) is 3.52. The Labute approximate surface area is 174 Å². The summed E-state index contributed by atoms with van der Waals surface area (Å²) >= 11 is 0. The van der Waals surface area contributed by atoms with Crippen molar-refractivity contribution in [2.45, 2.75) is 51.2 Å². The van der Waals surface area contributed by atoms with Gasteiger partial charge in [-0.3, -0.25) is 20.1 Å². The van der Waals surface area contributed by atoms with Crippen LogP contribution in [0.5, 0.6) is 0 Å². The van der Waals surface area contributed by atoms with Crippen LogP contribution in [0.1, 0.15) is 45.6 Å². The largest absolute Gasteiger partial charge is 0.444 e. The molecule has 1 unspecified atom stereocenters. The molecule has 0 aliphatic carbocycles. The summed E-state index contributed by atoms with van der Waals surface area (Å²) in [5.41, 5.74) is -0.0304. The van der Waals surface area contributed by atoms with Gasteiger partial charge in [0.25, 0.3) is 5.69 Å². The molecule has 158 valence electrons. The number of fused-ring (bicyclic) bond motifs is 1. The van der Waals surface area contributed by atoms with E-state index in [1.165, 1.54) is 6.20 Å². The van der Waals surface area contributed by atoms with Gasteiger partial charge >= 0.3 is 6.09 Å². The second-order valence-electron chi connectivity index (χ2n) is 8.09. The van der Waals surface area contributed by atoms with Crippen molar-refractivity contribution < 1.29 is 14.5 Å². The fourth-order valence-electron chi connectivity index (χ4n) is 3.44. The summed E-state index contributed by atoms with van der Waals surface area (Å²) in [7, 11) is 0. The number of carbonyl (C=O) groups excluding carboxylic acids is 1. The lowest BCUT2D eigenvalue weighted by Gasteiger charge is -2.25. The monoisotopic (exact) mass is 411 g/mol. The van der Waals surface area contributed by atoms with Crippen molar-refractivity contribution in [1.82, 2.24) is 15.3 Å². The Morgan fingerprint density at radius 2 is 2.10 bits per heavy atom. The molecule has 0 saturated heterocycles. The number of pyridine rings is 2. The molecule has 0 radical (unpaired) electrons. The van der Waals surface area contributed by atoms with E-state index in [9.17, 15) is 14.9 Å². The average molecular weight is 411 g/mol. The molecule has 0 fully saturated rings. The number of hydrogen-bond acceptors (Lipinski definition) is 7. The molecule has 0 spiro atoms. The first kappa shape index (κ1) is 21.4. The molecular formula is C21H25N5O4. The van der Waals surface area contributed by atoms with E-state index < -0.39 is 22.2 Å². The number of allylic oxidation sites excluding steroid dienone is 1. The van der Waals surface area contributed by atoms with Gasteiger partial charge in [-0.25, -0.2) is 9.78 Å². The zero-order chi connectivity index (χ0) is 21.8. The van der Waals surface area contributed by atoms with Crippen LogP contribution in [0.15, 0.2) is 41.7 Å². The third-order valence-corrected chi connectivity index (χ3v) is 4.65. The van der Waals surface area contributed by atoms with Crippen LogP contribution >= 0.6 is 0 Å². The predicted octanol–water partition coefficient (Wildman–Crippen LogP) is 4.07. The zero-order valence-electron chi connectivity index (χ0n) is 17.3. The fraction of sp³-hybridized carbons (Fsp3) is 0.429. The maximum Gasteiger partial charge on any atom is 0.407 e. The second kappa shape index (κ2) is 8.56. The average Bonchev–Trinajstić information content (AvgIpc) is 3.15. The summed E-state index contributed by atoms with van der Waals surface area (Å²) in [4.78, 5) is 36.2. The van der Waals surface area contributed by atoms with Crippen LogP contribution in [0.2, 0.25) is 0 Å². The summed E-state index contributed by atoms with van der Waals surface area (Å²) in [5.74, 6) is 0. The summed E-state index contributed by atoms with van der Waals surface area (Å²) in [6.45, 7) is 5.86. The van der Waals surface area contributed by atoms with Gasteiger partial charge in [-0.15, -0.1) is 0 Å². The Morgan fingerprint density at radius 1 is 1.30 bits per heavy atom. The van der Waals surface area contributed by atoms with Crippen molar-refractivity contribution in [2.24, 2.45) is 4.99 Å². The minimum Gasteiger partial charge on any atom is -0.444 e. The molecule has 0 bridgehead atoms. The van der Waals surface area contributed by atoms with Gasteiger partial charge in [0.2, 0.25) is 0 Å². The highest BCUT2D eigenvalue weighted by Crippen LogP contribution is 2.42. The van der Waals surface area contributed by atoms with Crippen LogP contribution in [0, 0.1) is 10.1 Å². The van der Waals surface area contributed by atoms with Crippen molar-refractivity contribution in [2.75, 3.05) is 6.54 Å². The predicted molar refractivity (Wildman–Crippen MR) is 114 cm³/mol. The molecule has 3 heterocycles. The van der Waals surface area contributed by atoms with Gasteiger partial charge in [-0.1, -0.05) is 6.08 Å². The van der Waals surface area contributed by atoms with E-state index in [0.717, 1.165) is 0 Å². The SMILES string of the molecule is CC(C)(C)OC(=O)NCCCCC1(c2c([N+](=O)[O-])cnc3cccnc23)C=CC=N1. The van der Waals surface area contributed by atoms with Gasteiger partial charge < -0.3 is 10.1 Å². The molecule has 0 saturated carbocycles. The number of rotatable bonds is 7. The lowest BCUT2D eigenvalue weighted by atomic mass is 9.84. The highest BCUT2D eigenvalue weighted by atomic mass is 16.6. The Balaban J connectivity index is 1.77. The molecule has 0 aromatic carbocycles. The summed E-state index contributed by atoms with van der Waals surface area (Å²) < 4.78 is 5.22. The number of nitro groups is 1. The van der Waals surface area contributed by atoms with Gasteiger partial charge in [0.1, 0.15) is 22.9 Å². The number of unbranched alkanes of at least 4 members (excludes halogenated alkanes) is 1. The maximum atomic E-state index is 11.8. The quantitative estimate of drug-likeness (QED) is 0.417. The van der Waals surface area contributed by atoms with Crippen LogP contribution < -0.4 is 5.32 Å². The minimum atomic E-state index is -0.885. The smallest absolute Gasteiger partial charge is 0.407 e. The van der Waals surface area contributed by atoms with Gasteiger partial charge in [-0.2, -0.15) is 0 Å². The van der Waals surface area contributed by atoms with E-state index in [0.29, 0.717) is 42.4 Å². The number of aromatic nitrogens is 2. The minimum absolute atomic E-state index is 0.100. The number of hydrogen-bond donors (Lipinski definition) is 1. The van der Waals surface area contributed by atoms with E-state index in [2.05, 4.69) is 20.3 Å². The Bertz CT molecular complexity index is 998. The Hall–Kier alpha value is -3.36. The number of nitrogens with one attached hydrogen (secondary N) is 1. The van der Waals surface area contributed by atoms with Crippen LogP contribution in [0.3, 0.4) is 0 Å². The second-order valence-corrected chi connectivity index (χ2v) is 8.09. The normalized spacial score (nSPS) is 18.0. The molecule has 1 aliphatic rings. The maximum absolute atomic E-state index is 11.8. The fourth-order valence-corrected chi connectivity index (χ4v) is 3.44. The van der Waals surface area contributed by atoms with E-state index >= 15 is 0 Å². The van der Waals surface area contributed by atoms with E-state index in [1.807, 2.05) is 6.08 Å². The molecule has 30 heavy (non-hydrogen) atoms. The van der Waals surface area contributed by atoms with E-state index in [1.54, 1.807) is 51.4 Å². The molecule has 1 atom stereocenters. The number of aliphatic imine (C=N–C) groups is 1. The zero-order valence-corrected chi connectivity index (χ0v) is 17.3. The summed E-state index contributed by atoms with van der Waals surface area (Å²) in [6.07, 6.45) is 9.61. The van der Waals surface area contributed by atoms with Gasteiger partial charge in [0.05, 0.1) is 16.0 Å². The highest BCUT2D eigenvalue weighted by Gasteiger charge is 2.38. The molecule has 9 nitrogen and oxygen atoms in total. The number of amides is 1. The first-order chi connectivity index (χ1) is 14.2. The van der Waals surface area contributed by atoms with E-state index in [4.69, 9.17) is 4.74 Å². The first-order valence-electron chi connectivity index (χ1n) is 9.80. The first-order valence-corrected chi connectivity index (χ1v) is 9.80. The molecule has 1 amide bonds. The third kappa shape index (κ3) is 4.79. The molecule has 1 N–H and O–H groups in total. The third-order valence-electron chi connectivity index (χ3n) is 4.65.